The Hall–Kier alpha value is -2.42. The second-order valence-corrected chi connectivity index (χ2v) is 4.05. The molecule has 0 atom stereocenters. The first kappa shape index (κ1) is 15.6. The summed E-state index contributed by atoms with van der Waals surface area (Å²) in [5.74, 6) is -2.58. The fraction of sp³-hybridized carbons (Fsp3) is 0.286. The van der Waals surface area contributed by atoms with Crippen LogP contribution in [0.4, 0.5) is 8.78 Å². The molecule has 0 aliphatic heterocycles. The predicted octanol–water partition coefficient (Wildman–Crippen LogP) is 2.15. The number of carboxylic acid groups (broad SMARTS) is 1. The minimum absolute atomic E-state index is 0.0370. The van der Waals surface area contributed by atoms with Crippen LogP contribution in [0.5, 0.6) is 0 Å². The minimum atomic E-state index is -1.51. The Kier molecular flexibility index (Phi) is 5.21. The van der Waals surface area contributed by atoms with E-state index in [4.69, 9.17) is 11.5 Å². The number of hydrogen-bond donors (Lipinski definition) is 1. The third-order valence-corrected chi connectivity index (χ3v) is 2.58. The summed E-state index contributed by atoms with van der Waals surface area (Å²) in [5.41, 5.74) is -1.01. The van der Waals surface area contributed by atoms with Crippen LogP contribution < -0.4 is 0 Å². The molecule has 1 rings (SSSR count). The minimum Gasteiger partial charge on any atom is -0.478 e. The molecule has 4 nitrogen and oxygen atoms in total. The monoisotopic (exact) mass is 281 g/mol. The number of terminal acetylenes is 1. The van der Waals surface area contributed by atoms with Gasteiger partial charge in [0.1, 0.15) is 0 Å². The van der Waals surface area contributed by atoms with Gasteiger partial charge in [-0.05, 0) is 18.6 Å². The normalized spacial score (nSPS) is 9.90. The summed E-state index contributed by atoms with van der Waals surface area (Å²) in [4.78, 5) is 24.4. The molecule has 1 aromatic rings. The number of carbonyl (C=O) groups is 2. The number of benzene rings is 1. The van der Waals surface area contributed by atoms with E-state index in [0.29, 0.717) is 25.1 Å². The lowest BCUT2D eigenvalue weighted by Gasteiger charge is -2.20. The Morgan fingerprint density at radius 1 is 1.30 bits per heavy atom. The lowest BCUT2D eigenvalue weighted by atomic mass is 10.1. The van der Waals surface area contributed by atoms with Crippen molar-refractivity contribution in [1.82, 2.24) is 4.90 Å². The number of aromatic carboxylic acids is 1. The van der Waals surface area contributed by atoms with Gasteiger partial charge in [-0.3, -0.25) is 4.79 Å². The number of nitrogens with zero attached hydrogens (tertiary/aromatic N) is 1. The van der Waals surface area contributed by atoms with Gasteiger partial charge in [-0.25, -0.2) is 13.6 Å². The number of hydrogen-bond acceptors (Lipinski definition) is 2. The van der Waals surface area contributed by atoms with Gasteiger partial charge < -0.3 is 10.0 Å². The molecule has 6 heteroatoms. The molecule has 106 valence electrons. The first-order chi connectivity index (χ1) is 9.42. The van der Waals surface area contributed by atoms with Gasteiger partial charge in [0.2, 0.25) is 0 Å². The predicted molar refractivity (Wildman–Crippen MR) is 68.3 cm³/mol. The van der Waals surface area contributed by atoms with E-state index in [-0.39, 0.29) is 6.54 Å². The van der Waals surface area contributed by atoms with Gasteiger partial charge in [0, 0.05) is 6.54 Å². The zero-order chi connectivity index (χ0) is 15.3. The van der Waals surface area contributed by atoms with Crippen LogP contribution in [0.15, 0.2) is 12.1 Å². The van der Waals surface area contributed by atoms with Gasteiger partial charge in [-0.1, -0.05) is 12.8 Å². The molecular weight excluding hydrogens is 268 g/mol. The van der Waals surface area contributed by atoms with E-state index in [1.165, 1.54) is 4.90 Å². The summed E-state index contributed by atoms with van der Waals surface area (Å²) < 4.78 is 26.3. The highest BCUT2D eigenvalue weighted by atomic mass is 19.2. The maximum atomic E-state index is 13.2. The highest BCUT2D eigenvalue weighted by molar-refractivity contribution is 6.04. The third kappa shape index (κ3) is 3.32. The van der Waals surface area contributed by atoms with Crippen LogP contribution >= 0.6 is 0 Å². The molecule has 0 spiro atoms. The van der Waals surface area contributed by atoms with Crippen molar-refractivity contribution in [3.8, 4) is 12.3 Å². The number of amides is 1. The molecule has 0 aliphatic rings. The van der Waals surface area contributed by atoms with Gasteiger partial charge in [0.05, 0.1) is 17.7 Å². The van der Waals surface area contributed by atoms with Crippen LogP contribution in [0.25, 0.3) is 0 Å². The standard InChI is InChI=1S/C14H13F2NO3/c1-3-5-17(6-4-2)13(18)9-7-11(15)12(16)8-10(9)14(19)20/h1,7-8H,4-6H2,2H3,(H,19,20). The molecule has 20 heavy (non-hydrogen) atoms. The lowest BCUT2D eigenvalue weighted by Crippen LogP contribution is -2.33. The van der Waals surface area contributed by atoms with E-state index in [9.17, 15) is 18.4 Å². The van der Waals surface area contributed by atoms with Crippen molar-refractivity contribution in [2.75, 3.05) is 13.1 Å². The number of carbonyl (C=O) groups excluding carboxylic acids is 1. The van der Waals surface area contributed by atoms with Crippen molar-refractivity contribution >= 4 is 11.9 Å². The van der Waals surface area contributed by atoms with Crippen molar-refractivity contribution in [1.29, 1.82) is 0 Å². The topological polar surface area (TPSA) is 57.6 Å². The molecule has 0 radical (unpaired) electrons. The van der Waals surface area contributed by atoms with E-state index in [1.54, 1.807) is 6.92 Å². The largest absolute Gasteiger partial charge is 0.478 e. The summed E-state index contributed by atoms with van der Waals surface area (Å²) in [5, 5.41) is 8.97. The van der Waals surface area contributed by atoms with Crippen LogP contribution in [0.2, 0.25) is 0 Å². The number of halogens is 2. The smallest absolute Gasteiger partial charge is 0.336 e. The van der Waals surface area contributed by atoms with Crippen LogP contribution in [0.3, 0.4) is 0 Å². The average molecular weight is 281 g/mol. The SMILES string of the molecule is C#CCN(CCC)C(=O)c1cc(F)c(F)cc1C(=O)O. The molecule has 0 saturated carbocycles. The van der Waals surface area contributed by atoms with E-state index < -0.39 is 34.6 Å². The Balaban J connectivity index is 3.29. The quantitative estimate of drug-likeness (QED) is 0.841. The molecular formula is C14H13F2NO3. The molecule has 1 aromatic carbocycles. The zero-order valence-electron chi connectivity index (χ0n) is 10.8. The van der Waals surface area contributed by atoms with Gasteiger partial charge in [-0.15, -0.1) is 6.42 Å². The maximum Gasteiger partial charge on any atom is 0.336 e. The highest BCUT2D eigenvalue weighted by Crippen LogP contribution is 2.17. The average Bonchev–Trinajstić information content (AvgIpc) is 2.40. The molecule has 0 fully saturated rings. The summed E-state index contributed by atoms with van der Waals surface area (Å²) in [6, 6.07) is 1.07. The lowest BCUT2D eigenvalue weighted by molar-refractivity contribution is 0.0678. The van der Waals surface area contributed by atoms with Crippen LogP contribution in [0, 0.1) is 24.0 Å². The Bertz CT molecular complexity index is 579. The van der Waals surface area contributed by atoms with Gasteiger partial charge in [0.15, 0.2) is 11.6 Å². The van der Waals surface area contributed by atoms with Crippen LogP contribution in [0.1, 0.15) is 34.1 Å². The summed E-state index contributed by atoms with van der Waals surface area (Å²) in [6.07, 6.45) is 5.73. The summed E-state index contributed by atoms with van der Waals surface area (Å²) >= 11 is 0. The molecule has 0 bridgehead atoms. The second-order valence-electron chi connectivity index (χ2n) is 4.05. The fourth-order valence-corrected chi connectivity index (χ4v) is 1.70. The number of carboxylic acids is 1. The fourth-order valence-electron chi connectivity index (χ4n) is 1.70. The molecule has 1 amide bonds. The first-order valence-corrected chi connectivity index (χ1v) is 5.87. The molecule has 0 aromatic heterocycles. The Labute approximate surface area is 115 Å². The second kappa shape index (κ2) is 6.66. The van der Waals surface area contributed by atoms with Gasteiger partial charge in [-0.2, -0.15) is 0 Å². The van der Waals surface area contributed by atoms with E-state index in [2.05, 4.69) is 5.92 Å². The maximum absolute atomic E-state index is 13.2. The Morgan fingerprint density at radius 3 is 2.30 bits per heavy atom. The Morgan fingerprint density at radius 2 is 1.85 bits per heavy atom. The van der Waals surface area contributed by atoms with E-state index in [1.807, 2.05) is 0 Å². The van der Waals surface area contributed by atoms with E-state index in [0.717, 1.165) is 0 Å². The molecule has 0 unspecified atom stereocenters. The summed E-state index contributed by atoms with van der Waals surface area (Å²) in [6.45, 7) is 2.06. The van der Waals surface area contributed by atoms with Crippen molar-refractivity contribution < 1.29 is 23.5 Å². The van der Waals surface area contributed by atoms with Crippen molar-refractivity contribution in [2.45, 2.75) is 13.3 Å². The van der Waals surface area contributed by atoms with Crippen LogP contribution in [-0.4, -0.2) is 35.0 Å². The van der Waals surface area contributed by atoms with Gasteiger partial charge in [0.25, 0.3) is 5.91 Å². The zero-order valence-corrected chi connectivity index (χ0v) is 10.8. The van der Waals surface area contributed by atoms with Crippen molar-refractivity contribution in [3.05, 3.63) is 34.9 Å². The first-order valence-electron chi connectivity index (χ1n) is 5.87. The number of rotatable bonds is 5. The molecule has 0 heterocycles. The van der Waals surface area contributed by atoms with Crippen LogP contribution in [-0.2, 0) is 0 Å². The third-order valence-electron chi connectivity index (χ3n) is 2.58. The highest BCUT2D eigenvalue weighted by Gasteiger charge is 2.23. The van der Waals surface area contributed by atoms with Gasteiger partial charge >= 0.3 is 5.97 Å². The van der Waals surface area contributed by atoms with Crippen molar-refractivity contribution in [2.24, 2.45) is 0 Å². The van der Waals surface area contributed by atoms with Crippen molar-refractivity contribution in [3.63, 3.8) is 0 Å². The molecule has 0 saturated heterocycles. The summed E-state index contributed by atoms with van der Waals surface area (Å²) in [7, 11) is 0. The van der Waals surface area contributed by atoms with E-state index >= 15 is 0 Å². The molecule has 0 aliphatic carbocycles. The molecule has 1 N–H and O–H groups in total.